The lowest BCUT2D eigenvalue weighted by molar-refractivity contribution is 0.0481. The number of aromatic nitrogens is 1. The van der Waals surface area contributed by atoms with Crippen LogP contribution < -0.4 is 5.32 Å². The van der Waals surface area contributed by atoms with Crippen LogP contribution >= 0.6 is 15.9 Å². The Balaban J connectivity index is 1.55. The summed E-state index contributed by atoms with van der Waals surface area (Å²) in [6.45, 7) is 0.890. The summed E-state index contributed by atoms with van der Waals surface area (Å²) < 4.78 is 1.05. The second-order valence-corrected chi connectivity index (χ2v) is 6.84. The van der Waals surface area contributed by atoms with E-state index in [9.17, 15) is 0 Å². The first-order valence-corrected chi connectivity index (χ1v) is 8.07. The number of nitrogens with one attached hydrogen (secondary N) is 1. The molecule has 2 atom stereocenters. The molecule has 1 N–H and O–H groups in total. The van der Waals surface area contributed by atoms with Gasteiger partial charge in [-0.15, -0.1) is 0 Å². The highest BCUT2D eigenvalue weighted by atomic mass is 79.9. The van der Waals surface area contributed by atoms with Gasteiger partial charge in [0.15, 0.2) is 0 Å². The van der Waals surface area contributed by atoms with Gasteiger partial charge in [0.2, 0.25) is 0 Å². The summed E-state index contributed by atoms with van der Waals surface area (Å²) in [7, 11) is 2.31. The van der Waals surface area contributed by atoms with Crippen molar-refractivity contribution in [3.05, 3.63) is 28.5 Å². The van der Waals surface area contributed by atoms with E-state index in [2.05, 4.69) is 50.3 Å². The molecule has 2 aliphatic rings. The van der Waals surface area contributed by atoms with Gasteiger partial charge >= 0.3 is 0 Å². The molecule has 3 rings (SSSR count). The first-order chi connectivity index (χ1) is 9.22. The molecule has 3 heterocycles. The molecule has 2 unspecified atom stereocenters. The van der Waals surface area contributed by atoms with E-state index in [0.717, 1.165) is 28.8 Å². The fraction of sp³-hybridized carbons (Fsp3) is 0.667. The third kappa shape index (κ3) is 3.18. The molecular weight excluding hydrogens is 302 g/mol. The van der Waals surface area contributed by atoms with Gasteiger partial charge in [-0.2, -0.15) is 0 Å². The van der Waals surface area contributed by atoms with Crippen LogP contribution in [0.4, 0.5) is 0 Å². The van der Waals surface area contributed by atoms with Crippen molar-refractivity contribution in [2.75, 3.05) is 7.05 Å². The van der Waals surface area contributed by atoms with Crippen molar-refractivity contribution in [3.63, 3.8) is 0 Å². The third-order valence-corrected chi connectivity index (χ3v) is 5.17. The number of pyridine rings is 1. The molecule has 0 amide bonds. The summed E-state index contributed by atoms with van der Waals surface area (Å²) in [5.41, 5.74) is 1.13. The maximum Gasteiger partial charge on any atom is 0.0542 e. The predicted molar refractivity (Wildman–Crippen MR) is 81.0 cm³/mol. The second kappa shape index (κ2) is 5.90. The molecule has 1 aromatic rings. The Morgan fingerprint density at radius 1 is 1.32 bits per heavy atom. The standard InChI is InChI=1S/C15H22BrN3/c1-19-14-3-2-4-15(19)8-13(7-14)18-10-12-6-5-11(16)9-17-12/h5-6,9,13-15,18H,2-4,7-8,10H2,1H3. The van der Waals surface area contributed by atoms with Crippen molar-refractivity contribution in [3.8, 4) is 0 Å². The summed E-state index contributed by atoms with van der Waals surface area (Å²) in [6.07, 6.45) is 8.64. The maximum absolute atomic E-state index is 4.43. The Bertz CT molecular complexity index is 406. The van der Waals surface area contributed by atoms with Crippen LogP contribution in [-0.4, -0.2) is 35.1 Å². The number of hydrogen-bond donors (Lipinski definition) is 1. The topological polar surface area (TPSA) is 28.2 Å². The molecule has 0 spiro atoms. The second-order valence-electron chi connectivity index (χ2n) is 5.92. The monoisotopic (exact) mass is 323 g/mol. The van der Waals surface area contributed by atoms with Gasteiger partial charge in [0.25, 0.3) is 0 Å². The van der Waals surface area contributed by atoms with E-state index in [1.54, 1.807) is 0 Å². The summed E-state index contributed by atoms with van der Waals surface area (Å²) >= 11 is 3.42. The van der Waals surface area contributed by atoms with E-state index >= 15 is 0 Å². The van der Waals surface area contributed by atoms with Crippen LogP contribution in [0.5, 0.6) is 0 Å². The van der Waals surface area contributed by atoms with Crippen LogP contribution in [0.15, 0.2) is 22.8 Å². The number of fused-ring (bicyclic) bond motifs is 2. The highest BCUT2D eigenvalue weighted by Gasteiger charge is 2.35. The molecule has 3 nitrogen and oxygen atoms in total. The highest BCUT2D eigenvalue weighted by Crippen LogP contribution is 2.32. The van der Waals surface area contributed by atoms with E-state index in [1.807, 2.05) is 6.20 Å². The molecule has 1 aromatic heterocycles. The van der Waals surface area contributed by atoms with Gasteiger partial charge in [-0.25, -0.2) is 0 Å². The van der Waals surface area contributed by atoms with Crippen molar-refractivity contribution < 1.29 is 0 Å². The molecule has 19 heavy (non-hydrogen) atoms. The molecule has 0 saturated carbocycles. The average molecular weight is 324 g/mol. The number of piperidine rings is 2. The molecule has 0 aromatic carbocycles. The molecule has 4 heteroatoms. The zero-order valence-corrected chi connectivity index (χ0v) is 13.1. The molecule has 2 aliphatic heterocycles. The smallest absolute Gasteiger partial charge is 0.0542 e. The van der Waals surface area contributed by atoms with Crippen LogP contribution in [0, 0.1) is 0 Å². The van der Waals surface area contributed by atoms with Crippen molar-refractivity contribution in [2.45, 2.75) is 56.8 Å². The lowest BCUT2D eigenvalue weighted by atomic mass is 9.82. The van der Waals surface area contributed by atoms with Crippen LogP contribution in [0.25, 0.3) is 0 Å². The van der Waals surface area contributed by atoms with Gasteiger partial charge in [0.05, 0.1) is 5.69 Å². The van der Waals surface area contributed by atoms with Gasteiger partial charge < -0.3 is 10.2 Å². The normalized spacial score (nSPS) is 31.4. The molecule has 2 bridgehead atoms. The fourth-order valence-corrected chi connectivity index (χ4v) is 3.78. The Hall–Kier alpha value is -0.450. The minimum atomic E-state index is 0.664. The number of hydrogen-bond acceptors (Lipinski definition) is 3. The van der Waals surface area contributed by atoms with Gasteiger partial charge in [0, 0.05) is 35.3 Å². The van der Waals surface area contributed by atoms with Gasteiger partial charge in [-0.1, -0.05) is 6.42 Å². The van der Waals surface area contributed by atoms with Crippen molar-refractivity contribution in [1.29, 1.82) is 0 Å². The largest absolute Gasteiger partial charge is 0.308 e. The summed E-state index contributed by atoms with van der Waals surface area (Å²) in [5.74, 6) is 0. The van der Waals surface area contributed by atoms with Crippen molar-refractivity contribution in [2.24, 2.45) is 0 Å². The molecule has 2 saturated heterocycles. The highest BCUT2D eigenvalue weighted by molar-refractivity contribution is 9.10. The lowest BCUT2D eigenvalue weighted by Gasteiger charge is -2.47. The minimum Gasteiger partial charge on any atom is -0.308 e. The number of nitrogens with zero attached hydrogens (tertiary/aromatic N) is 2. The summed E-state index contributed by atoms with van der Waals surface area (Å²) in [4.78, 5) is 7.04. The quantitative estimate of drug-likeness (QED) is 0.927. The lowest BCUT2D eigenvalue weighted by Crippen LogP contribution is -2.54. The molecule has 0 aliphatic carbocycles. The summed E-state index contributed by atoms with van der Waals surface area (Å²) in [6, 6.07) is 6.41. The van der Waals surface area contributed by atoms with Crippen LogP contribution in [0.3, 0.4) is 0 Å². The van der Waals surface area contributed by atoms with Crippen molar-refractivity contribution >= 4 is 15.9 Å². The molecule has 2 fully saturated rings. The van der Waals surface area contributed by atoms with E-state index in [1.165, 1.54) is 32.1 Å². The van der Waals surface area contributed by atoms with Crippen LogP contribution in [0.2, 0.25) is 0 Å². The van der Waals surface area contributed by atoms with E-state index in [-0.39, 0.29) is 0 Å². The first kappa shape index (κ1) is 13.5. The van der Waals surface area contributed by atoms with Crippen LogP contribution in [-0.2, 0) is 6.54 Å². The average Bonchev–Trinajstić information content (AvgIpc) is 2.39. The molecule has 0 radical (unpaired) electrons. The number of halogens is 1. The predicted octanol–water partition coefficient (Wildman–Crippen LogP) is 2.95. The molecular formula is C15H22BrN3. The van der Waals surface area contributed by atoms with Gasteiger partial charge in [-0.3, -0.25) is 4.98 Å². The third-order valence-electron chi connectivity index (χ3n) is 4.70. The zero-order chi connectivity index (χ0) is 13.2. The Kier molecular flexibility index (Phi) is 4.20. The minimum absolute atomic E-state index is 0.664. The Labute approximate surface area is 123 Å². The summed E-state index contributed by atoms with van der Waals surface area (Å²) in [5, 5.41) is 3.70. The number of rotatable bonds is 3. The van der Waals surface area contributed by atoms with Crippen molar-refractivity contribution in [1.82, 2.24) is 15.2 Å². The zero-order valence-electron chi connectivity index (χ0n) is 11.5. The van der Waals surface area contributed by atoms with Crippen LogP contribution in [0.1, 0.15) is 37.8 Å². The fourth-order valence-electron chi connectivity index (χ4n) is 3.54. The maximum atomic E-state index is 4.43. The Morgan fingerprint density at radius 3 is 2.68 bits per heavy atom. The van der Waals surface area contributed by atoms with E-state index in [0.29, 0.717) is 6.04 Å². The first-order valence-electron chi connectivity index (χ1n) is 7.28. The van der Waals surface area contributed by atoms with Gasteiger partial charge in [-0.05, 0) is 60.8 Å². The Morgan fingerprint density at radius 2 is 2.05 bits per heavy atom. The van der Waals surface area contributed by atoms with Gasteiger partial charge in [0.1, 0.15) is 0 Å². The molecule has 104 valence electrons. The van der Waals surface area contributed by atoms with E-state index in [4.69, 9.17) is 0 Å². The SMILES string of the molecule is CN1C2CCCC1CC(NCc1ccc(Br)cn1)C2. The van der Waals surface area contributed by atoms with E-state index < -0.39 is 0 Å².